The normalized spacial score (nSPS) is 22.1. The first-order valence-electron chi connectivity index (χ1n) is 7.24. The molecule has 1 aliphatic heterocycles. The van der Waals surface area contributed by atoms with Crippen molar-refractivity contribution in [1.29, 1.82) is 0 Å². The van der Waals surface area contributed by atoms with Crippen molar-refractivity contribution < 1.29 is 14.3 Å². The fraction of sp³-hybridized carbons (Fsp3) is 0.533. The van der Waals surface area contributed by atoms with E-state index in [9.17, 15) is 4.79 Å². The van der Waals surface area contributed by atoms with Crippen LogP contribution in [0.5, 0.6) is 0 Å². The Morgan fingerprint density at radius 2 is 2.05 bits per heavy atom. The van der Waals surface area contributed by atoms with E-state index in [-0.39, 0.29) is 18.2 Å². The zero-order valence-corrected chi connectivity index (χ0v) is 13.9. The van der Waals surface area contributed by atoms with E-state index in [0.29, 0.717) is 4.88 Å². The van der Waals surface area contributed by atoms with Crippen LogP contribution in [0.25, 0.3) is 10.2 Å². The number of nitrogens with zero attached hydrogens (tertiary/aromatic N) is 3. The third-order valence-corrected chi connectivity index (χ3v) is 4.98. The summed E-state index contributed by atoms with van der Waals surface area (Å²) >= 11 is 1.35. The van der Waals surface area contributed by atoms with Gasteiger partial charge in [0.15, 0.2) is 0 Å². The van der Waals surface area contributed by atoms with E-state index in [1.165, 1.54) is 18.4 Å². The molecule has 118 valence electrons. The van der Waals surface area contributed by atoms with Crippen LogP contribution < -0.4 is 4.90 Å². The maximum Gasteiger partial charge on any atom is 0.348 e. The summed E-state index contributed by atoms with van der Waals surface area (Å²) in [6.07, 6.45) is 1.85. The average molecular weight is 321 g/mol. The predicted octanol–water partition coefficient (Wildman–Crippen LogP) is 2.40. The summed E-state index contributed by atoms with van der Waals surface area (Å²) in [4.78, 5) is 24.3. The second kappa shape index (κ2) is 5.81. The van der Waals surface area contributed by atoms with E-state index in [1.54, 1.807) is 6.33 Å². The third-order valence-electron chi connectivity index (χ3n) is 3.80. The maximum atomic E-state index is 11.9. The molecule has 1 fully saturated rings. The Morgan fingerprint density at radius 3 is 2.68 bits per heavy atom. The zero-order valence-electron chi connectivity index (χ0n) is 13.1. The standard InChI is InChI=1S/C15H19N3O3S/c1-8-5-18(6-9(2)21-8)13-11-10(3)12(15(19)20-4)22-14(11)17-7-16-13/h7-9H,5-6H2,1-4H3. The number of morpholine rings is 1. The summed E-state index contributed by atoms with van der Waals surface area (Å²) in [5, 5.41) is 0.939. The van der Waals surface area contributed by atoms with Gasteiger partial charge in [-0.1, -0.05) is 0 Å². The van der Waals surface area contributed by atoms with Gasteiger partial charge in [-0.3, -0.25) is 0 Å². The number of anilines is 1. The van der Waals surface area contributed by atoms with Gasteiger partial charge < -0.3 is 14.4 Å². The smallest absolute Gasteiger partial charge is 0.348 e. The molecule has 0 aliphatic carbocycles. The fourth-order valence-electron chi connectivity index (χ4n) is 2.93. The Kier molecular flexibility index (Phi) is 4.01. The topological polar surface area (TPSA) is 64.5 Å². The number of aromatic nitrogens is 2. The molecule has 2 aromatic rings. The highest BCUT2D eigenvalue weighted by Crippen LogP contribution is 2.36. The van der Waals surface area contributed by atoms with Crippen LogP contribution in [-0.2, 0) is 9.47 Å². The molecule has 0 spiro atoms. The lowest BCUT2D eigenvalue weighted by Gasteiger charge is -2.36. The van der Waals surface area contributed by atoms with Crippen LogP contribution in [0.4, 0.5) is 5.82 Å². The summed E-state index contributed by atoms with van der Waals surface area (Å²) in [7, 11) is 1.39. The lowest BCUT2D eigenvalue weighted by Crippen LogP contribution is -2.46. The summed E-state index contributed by atoms with van der Waals surface area (Å²) in [5.41, 5.74) is 0.884. The Morgan fingerprint density at radius 1 is 1.36 bits per heavy atom. The molecule has 1 aliphatic rings. The summed E-state index contributed by atoms with van der Waals surface area (Å²) in [6.45, 7) is 7.59. The second-order valence-corrected chi connectivity index (χ2v) is 6.59. The molecule has 0 amide bonds. The molecule has 0 saturated carbocycles. The minimum Gasteiger partial charge on any atom is -0.465 e. The molecule has 2 atom stereocenters. The van der Waals surface area contributed by atoms with Crippen molar-refractivity contribution in [3.63, 3.8) is 0 Å². The Labute approximate surface area is 133 Å². The average Bonchev–Trinajstić information content (AvgIpc) is 2.83. The minimum absolute atomic E-state index is 0.146. The predicted molar refractivity (Wildman–Crippen MR) is 85.7 cm³/mol. The Hall–Kier alpha value is -1.73. The molecular weight excluding hydrogens is 302 g/mol. The lowest BCUT2D eigenvalue weighted by atomic mass is 10.1. The number of methoxy groups -OCH3 is 1. The van der Waals surface area contributed by atoms with Crippen molar-refractivity contribution in [2.24, 2.45) is 0 Å². The van der Waals surface area contributed by atoms with Crippen molar-refractivity contribution >= 4 is 33.3 Å². The van der Waals surface area contributed by atoms with E-state index in [1.807, 2.05) is 6.92 Å². The summed E-state index contributed by atoms with van der Waals surface area (Å²) < 4.78 is 10.6. The van der Waals surface area contributed by atoms with Crippen LogP contribution in [0.15, 0.2) is 6.33 Å². The number of esters is 1. The number of fused-ring (bicyclic) bond motifs is 1. The first-order valence-corrected chi connectivity index (χ1v) is 8.05. The molecule has 0 N–H and O–H groups in total. The van der Waals surface area contributed by atoms with Crippen molar-refractivity contribution in [1.82, 2.24) is 9.97 Å². The monoisotopic (exact) mass is 321 g/mol. The molecule has 0 radical (unpaired) electrons. The SMILES string of the molecule is COC(=O)c1sc2ncnc(N3CC(C)OC(C)C3)c2c1C. The van der Waals surface area contributed by atoms with Crippen LogP contribution in [0.2, 0.25) is 0 Å². The van der Waals surface area contributed by atoms with E-state index in [2.05, 4.69) is 28.7 Å². The van der Waals surface area contributed by atoms with Gasteiger partial charge in [-0.2, -0.15) is 0 Å². The maximum absolute atomic E-state index is 11.9. The molecule has 3 heterocycles. The van der Waals surface area contributed by atoms with Crippen molar-refractivity contribution in [2.75, 3.05) is 25.1 Å². The molecule has 7 heteroatoms. The van der Waals surface area contributed by atoms with Crippen molar-refractivity contribution in [3.8, 4) is 0 Å². The number of ether oxygens (including phenoxy) is 2. The molecule has 6 nitrogen and oxygen atoms in total. The molecule has 0 aromatic carbocycles. The number of hydrogen-bond donors (Lipinski definition) is 0. The second-order valence-electron chi connectivity index (χ2n) is 5.59. The molecule has 0 bridgehead atoms. The van der Waals surface area contributed by atoms with Crippen LogP contribution in [-0.4, -0.2) is 48.3 Å². The number of rotatable bonds is 2. The summed E-state index contributed by atoms with van der Waals surface area (Å²) in [6, 6.07) is 0. The molecule has 3 rings (SSSR count). The first kappa shape index (κ1) is 15.2. The number of aryl methyl sites for hydroxylation is 1. The number of carbonyl (C=O) groups is 1. The van der Waals surface area contributed by atoms with E-state index in [4.69, 9.17) is 9.47 Å². The van der Waals surface area contributed by atoms with Crippen molar-refractivity contribution in [2.45, 2.75) is 33.0 Å². The largest absolute Gasteiger partial charge is 0.465 e. The van der Waals surface area contributed by atoms with E-state index in [0.717, 1.165) is 34.7 Å². The molecule has 2 aromatic heterocycles. The molecule has 2 unspecified atom stereocenters. The summed E-state index contributed by atoms with van der Waals surface area (Å²) in [5.74, 6) is 0.547. The first-order chi connectivity index (χ1) is 10.5. The lowest BCUT2D eigenvalue weighted by molar-refractivity contribution is -0.00537. The van der Waals surface area contributed by atoms with E-state index < -0.39 is 0 Å². The van der Waals surface area contributed by atoms with Gasteiger partial charge in [0, 0.05) is 13.1 Å². The van der Waals surface area contributed by atoms with Crippen LogP contribution >= 0.6 is 11.3 Å². The van der Waals surface area contributed by atoms with Gasteiger partial charge in [-0.05, 0) is 26.3 Å². The van der Waals surface area contributed by atoms with Gasteiger partial charge in [0.2, 0.25) is 0 Å². The molecule has 22 heavy (non-hydrogen) atoms. The number of thiophene rings is 1. The Balaban J connectivity index is 2.10. The van der Waals surface area contributed by atoms with Gasteiger partial charge in [0.25, 0.3) is 0 Å². The van der Waals surface area contributed by atoms with Crippen LogP contribution in [0, 0.1) is 6.92 Å². The Bertz CT molecular complexity index is 705. The van der Waals surface area contributed by atoms with Gasteiger partial charge in [-0.25, -0.2) is 14.8 Å². The van der Waals surface area contributed by atoms with E-state index >= 15 is 0 Å². The van der Waals surface area contributed by atoms with Gasteiger partial charge in [0.05, 0.1) is 24.7 Å². The quantitative estimate of drug-likeness (QED) is 0.792. The zero-order chi connectivity index (χ0) is 15.9. The molecule has 1 saturated heterocycles. The fourth-order valence-corrected chi connectivity index (χ4v) is 3.99. The van der Waals surface area contributed by atoms with Crippen LogP contribution in [0.3, 0.4) is 0 Å². The number of hydrogen-bond acceptors (Lipinski definition) is 7. The molecular formula is C15H19N3O3S. The third kappa shape index (κ3) is 2.55. The number of carbonyl (C=O) groups excluding carboxylic acids is 1. The van der Waals surface area contributed by atoms with Gasteiger partial charge >= 0.3 is 5.97 Å². The highest BCUT2D eigenvalue weighted by atomic mass is 32.1. The van der Waals surface area contributed by atoms with Gasteiger partial charge in [0.1, 0.15) is 21.9 Å². The van der Waals surface area contributed by atoms with Crippen molar-refractivity contribution in [3.05, 3.63) is 16.8 Å². The van der Waals surface area contributed by atoms with Crippen LogP contribution in [0.1, 0.15) is 29.1 Å². The highest BCUT2D eigenvalue weighted by molar-refractivity contribution is 7.20. The van der Waals surface area contributed by atoms with Gasteiger partial charge in [-0.15, -0.1) is 11.3 Å². The highest BCUT2D eigenvalue weighted by Gasteiger charge is 2.27. The minimum atomic E-state index is -0.324.